The van der Waals surface area contributed by atoms with Crippen LogP contribution in [0.2, 0.25) is 0 Å². The van der Waals surface area contributed by atoms with Gasteiger partial charge in [0.1, 0.15) is 0 Å². The van der Waals surface area contributed by atoms with Crippen molar-refractivity contribution < 1.29 is 0 Å². The minimum atomic E-state index is 0.221. The summed E-state index contributed by atoms with van der Waals surface area (Å²) in [4.78, 5) is 2.38. The Balaban J connectivity index is 2.15. The number of likely N-dealkylation sites (N-methyl/N-ethyl adjacent to an activating group) is 1. The van der Waals surface area contributed by atoms with E-state index in [0.29, 0.717) is 6.54 Å². The SMILES string of the molecule is CCN(Cc1ccccc1)C(CN)c1cnn(C)c1. The fraction of sp³-hybridized carbons (Fsp3) is 0.400. The van der Waals surface area contributed by atoms with Gasteiger partial charge in [0.05, 0.1) is 12.2 Å². The first kappa shape index (κ1) is 13.8. The minimum absolute atomic E-state index is 0.221. The maximum Gasteiger partial charge on any atom is 0.0538 e. The molecule has 102 valence electrons. The second-order valence-corrected chi connectivity index (χ2v) is 4.75. The Morgan fingerprint density at radius 1 is 1.32 bits per heavy atom. The van der Waals surface area contributed by atoms with E-state index in [0.717, 1.165) is 13.1 Å². The van der Waals surface area contributed by atoms with Crippen LogP contribution in [0.15, 0.2) is 42.7 Å². The molecule has 0 saturated carbocycles. The summed E-state index contributed by atoms with van der Waals surface area (Å²) in [5.74, 6) is 0. The molecular formula is C15H22N4. The van der Waals surface area contributed by atoms with Crippen LogP contribution < -0.4 is 5.73 Å². The number of nitrogens with zero attached hydrogens (tertiary/aromatic N) is 3. The summed E-state index contributed by atoms with van der Waals surface area (Å²) in [7, 11) is 1.94. The molecule has 1 atom stereocenters. The zero-order chi connectivity index (χ0) is 13.7. The maximum absolute atomic E-state index is 5.97. The van der Waals surface area contributed by atoms with Crippen molar-refractivity contribution in [2.45, 2.75) is 19.5 Å². The molecule has 2 aromatic rings. The lowest BCUT2D eigenvalue weighted by Gasteiger charge is -2.29. The molecule has 0 aliphatic carbocycles. The van der Waals surface area contributed by atoms with Crippen molar-refractivity contribution in [3.05, 3.63) is 53.9 Å². The van der Waals surface area contributed by atoms with Gasteiger partial charge in [0.2, 0.25) is 0 Å². The summed E-state index contributed by atoms with van der Waals surface area (Å²) in [6.07, 6.45) is 3.95. The van der Waals surface area contributed by atoms with Gasteiger partial charge in [-0.25, -0.2) is 0 Å². The second-order valence-electron chi connectivity index (χ2n) is 4.75. The standard InChI is InChI=1S/C15H22N4/c1-3-19(11-13-7-5-4-6-8-13)15(9-16)14-10-17-18(2)12-14/h4-8,10,12,15H,3,9,11,16H2,1-2H3. The first-order valence-electron chi connectivity index (χ1n) is 6.71. The minimum Gasteiger partial charge on any atom is -0.329 e. The lowest BCUT2D eigenvalue weighted by molar-refractivity contribution is 0.203. The van der Waals surface area contributed by atoms with Crippen LogP contribution in [-0.2, 0) is 13.6 Å². The number of aromatic nitrogens is 2. The molecule has 0 fully saturated rings. The van der Waals surface area contributed by atoms with Crippen LogP contribution in [0.5, 0.6) is 0 Å². The van der Waals surface area contributed by atoms with Gasteiger partial charge in [-0.1, -0.05) is 37.3 Å². The van der Waals surface area contributed by atoms with Gasteiger partial charge < -0.3 is 5.73 Å². The molecule has 1 heterocycles. The lowest BCUT2D eigenvalue weighted by atomic mass is 10.1. The number of aryl methyl sites for hydroxylation is 1. The third-order valence-electron chi connectivity index (χ3n) is 3.41. The first-order chi connectivity index (χ1) is 9.24. The molecule has 0 spiro atoms. The zero-order valence-electron chi connectivity index (χ0n) is 11.7. The molecule has 0 aliphatic heterocycles. The molecule has 2 N–H and O–H groups in total. The van der Waals surface area contributed by atoms with Crippen molar-refractivity contribution in [1.82, 2.24) is 14.7 Å². The lowest BCUT2D eigenvalue weighted by Crippen LogP contribution is -2.33. The van der Waals surface area contributed by atoms with Crippen LogP contribution >= 0.6 is 0 Å². The fourth-order valence-electron chi connectivity index (χ4n) is 2.37. The molecule has 1 aromatic heterocycles. The van der Waals surface area contributed by atoms with Crippen LogP contribution in [0.1, 0.15) is 24.1 Å². The van der Waals surface area contributed by atoms with Crippen molar-refractivity contribution in [2.24, 2.45) is 12.8 Å². The summed E-state index contributed by atoms with van der Waals surface area (Å²) in [6, 6.07) is 10.7. The van der Waals surface area contributed by atoms with Crippen LogP contribution in [0, 0.1) is 0 Å². The van der Waals surface area contributed by atoms with Crippen molar-refractivity contribution >= 4 is 0 Å². The van der Waals surface area contributed by atoms with Crippen molar-refractivity contribution in [1.29, 1.82) is 0 Å². The molecule has 19 heavy (non-hydrogen) atoms. The van der Waals surface area contributed by atoms with E-state index in [9.17, 15) is 0 Å². The van der Waals surface area contributed by atoms with Gasteiger partial charge in [-0.05, 0) is 12.1 Å². The number of benzene rings is 1. The van der Waals surface area contributed by atoms with Gasteiger partial charge in [-0.3, -0.25) is 9.58 Å². The average Bonchev–Trinajstić information content (AvgIpc) is 2.86. The van der Waals surface area contributed by atoms with Gasteiger partial charge in [0, 0.05) is 31.9 Å². The summed E-state index contributed by atoms with van der Waals surface area (Å²) in [5, 5.41) is 4.24. The van der Waals surface area contributed by atoms with E-state index in [-0.39, 0.29) is 6.04 Å². The van der Waals surface area contributed by atoms with E-state index in [1.807, 2.05) is 30.2 Å². The van der Waals surface area contributed by atoms with E-state index < -0.39 is 0 Å². The summed E-state index contributed by atoms with van der Waals surface area (Å²) >= 11 is 0. The number of rotatable bonds is 6. The summed E-state index contributed by atoms with van der Waals surface area (Å²) in [6.45, 7) is 4.65. The van der Waals surface area contributed by atoms with Gasteiger partial charge in [0.25, 0.3) is 0 Å². The highest BCUT2D eigenvalue weighted by Gasteiger charge is 2.19. The number of nitrogens with two attached hydrogens (primary N) is 1. The van der Waals surface area contributed by atoms with Gasteiger partial charge >= 0.3 is 0 Å². The topological polar surface area (TPSA) is 47.1 Å². The molecule has 4 nitrogen and oxygen atoms in total. The van der Waals surface area contributed by atoms with Crippen LogP contribution in [0.25, 0.3) is 0 Å². The third kappa shape index (κ3) is 3.43. The monoisotopic (exact) mass is 258 g/mol. The maximum atomic E-state index is 5.97. The summed E-state index contributed by atoms with van der Waals surface area (Å²) < 4.78 is 1.83. The van der Waals surface area contributed by atoms with Gasteiger partial charge in [-0.2, -0.15) is 5.10 Å². The zero-order valence-corrected chi connectivity index (χ0v) is 11.7. The highest BCUT2D eigenvalue weighted by molar-refractivity contribution is 5.16. The van der Waals surface area contributed by atoms with E-state index >= 15 is 0 Å². The van der Waals surface area contributed by atoms with Crippen molar-refractivity contribution in [3.8, 4) is 0 Å². The van der Waals surface area contributed by atoms with Crippen LogP contribution in [0.3, 0.4) is 0 Å². The molecule has 0 saturated heterocycles. The van der Waals surface area contributed by atoms with E-state index in [4.69, 9.17) is 5.73 Å². The van der Waals surface area contributed by atoms with E-state index in [2.05, 4.69) is 41.2 Å². The Morgan fingerprint density at radius 2 is 2.05 bits per heavy atom. The highest BCUT2D eigenvalue weighted by atomic mass is 15.2. The molecule has 0 amide bonds. The van der Waals surface area contributed by atoms with E-state index in [1.54, 1.807) is 0 Å². The van der Waals surface area contributed by atoms with Gasteiger partial charge in [0.15, 0.2) is 0 Å². The van der Waals surface area contributed by atoms with Crippen LogP contribution in [-0.4, -0.2) is 27.8 Å². The Kier molecular flexibility index (Phi) is 4.71. The Bertz CT molecular complexity index is 492. The van der Waals surface area contributed by atoms with Crippen molar-refractivity contribution in [3.63, 3.8) is 0 Å². The van der Waals surface area contributed by atoms with E-state index in [1.165, 1.54) is 11.1 Å². The molecule has 1 aromatic carbocycles. The molecular weight excluding hydrogens is 236 g/mol. The Labute approximate surface area is 114 Å². The highest BCUT2D eigenvalue weighted by Crippen LogP contribution is 2.21. The molecule has 0 radical (unpaired) electrons. The molecule has 2 rings (SSSR count). The average molecular weight is 258 g/mol. The molecule has 1 unspecified atom stereocenters. The Hall–Kier alpha value is -1.65. The van der Waals surface area contributed by atoms with Gasteiger partial charge in [-0.15, -0.1) is 0 Å². The Morgan fingerprint density at radius 3 is 2.58 bits per heavy atom. The number of hydrogen-bond donors (Lipinski definition) is 1. The van der Waals surface area contributed by atoms with Crippen LogP contribution in [0.4, 0.5) is 0 Å². The normalized spacial score (nSPS) is 12.8. The predicted molar refractivity (Wildman–Crippen MR) is 77.5 cm³/mol. The molecule has 0 aliphatic rings. The summed E-state index contributed by atoms with van der Waals surface area (Å²) in [5.41, 5.74) is 8.46. The fourth-order valence-corrected chi connectivity index (χ4v) is 2.37. The van der Waals surface area contributed by atoms with Crippen molar-refractivity contribution in [2.75, 3.05) is 13.1 Å². The second kappa shape index (κ2) is 6.50. The largest absolute Gasteiger partial charge is 0.329 e. The smallest absolute Gasteiger partial charge is 0.0538 e. The number of hydrogen-bond acceptors (Lipinski definition) is 3. The molecule has 4 heteroatoms. The third-order valence-corrected chi connectivity index (χ3v) is 3.41. The molecule has 0 bridgehead atoms. The quantitative estimate of drug-likeness (QED) is 0.861. The first-order valence-corrected chi connectivity index (χ1v) is 6.71. The predicted octanol–water partition coefficient (Wildman–Crippen LogP) is 1.94.